The van der Waals surface area contributed by atoms with Gasteiger partial charge in [0.05, 0.1) is 23.6 Å². The molecule has 2 aliphatic rings. The highest BCUT2D eigenvalue weighted by Gasteiger charge is 2.36. The lowest BCUT2D eigenvalue weighted by Gasteiger charge is -2.32. The number of hydrogen-bond acceptors (Lipinski definition) is 6. The zero-order chi connectivity index (χ0) is 34.2. The Labute approximate surface area is 285 Å². The molecule has 0 fully saturated rings. The van der Waals surface area contributed by atoms with Crippen LogP contribution in [-0.2, 0) is 14.8 Å². The molecule has 1 aromatic rings. The van der Waals surface area contributed by atoms with Crippen LogP contribution in [0.3, 0.4) is 0 Å². The number of carbonyl (C=O) groups is 1. The number of hydrogen-bond donors (Lipinski definition) is 1. The van der Waals surface area contributed by atoms with Crippen LogP contribution in [0, 0.1) is 10.8 Å². The number of Topliss-reactive ketones (excluding diaryl/α,β-unsaturated/α-hetero) is 1. The summed E-state index contributed by atoms with van der Waals surface area (Å²) in [5.74, 6) is -0.179. The number of ketones is 1. The van der Waals surface area contributed by atoms with Crippen LogP contribution in [0.4, 0.5) is 0 Å². The number of carbonyl (C=O) groups excluding carboxylic acids is 1. The van der Waals surface area contributed by atoms with Gasteiger partial charge in [0.25, 0.3) is 0 Å². The average Bonchev–Trinajstić information content (AvgIpc) is 2.85. The van der Waals surface area contributed by atoms with Gasteiger partial charge in [-0.05, 0) is 86.0 Å². The fraction of sp³-hybridized carbons (Fsp3) is 0.556. The normalized spacial score (nSPS) is 17.8. The Hall–Kier alpha value is -1.68. The highest BCUT2D eigenvalue weighted by molar-refractivity contribution is 8.06. The SMILES string of the molecule is CCCCS(=O)(=O)NC1=C(C=C2C=C(C(C)(C)C)SC(C(C)(C)C)=C2)C(=O)C1=Cc1cc(SC(C)(C)C)[o+]c(SC(C)(C)C)c1. The Morgan fingerprint density at radius 2 is 1.31 bits per heavy atom. The van der Waals surface area contributed by atoms with Crippen LogP contribution in [0.2, 0.25) is 0 Å². The van der Waals surface area contributed by atoms with Crippen molar-refractivity contribution in [1.82, 2.24) is 4.72 Å². The van der Waals surface area contributed by atoms with Crippen molar-refractivity contribution in [2.24, 2.45) is 10.8 Å². The monoisotopic (exact) mass is 690 g/mol. The third kappa shape index (κ3) is 11.2. The predicted octanol–water partition coefficient (Wildman–Crippen LogP) is 10.8. The minimum absolute atomic E-state index is 0.0000700. The van der Waals surface area contributed by atoms with E-state index < -0.39 is 10.0 Å². The lowest BCUT2D eigenvalue weighted by molar-refractivity contribution is -0.112. The second-order valence-electron chi connectivity index (χ2n) is 15.7. The van der Waals surface area contributed by atoms with Gasteiger partial charge in [0, 0.05) is 20.6 Å². The molecule has 0 saturated heterocycles. The Morgan fingerprint density at radius 3 is 1.73 bits per heavy atom. The summed E-state index contributed by atoms with van der Waals surface area (Å²) in [7, 11) is -3.65. The van der Waals surface area contributed by atoms with Crippen LogP contribution in [0.15, 0.2) is 77.2 Å². The fourth-order valence-corrected chi connectivity index (χ4v) is 8.77. The van der Waals surface area contributed by atoms with E-state index in [1.54, 1.807) is 41.4 Å². The summed E-state index contributed by atoms with van der Waals surface area (Å²) in [4.78, 5) is 16.3. The van der Waals surface area contributed by atoms with E-state index in [1.165, 1.54) is 9.81 Å². The minimum Gasteiger partial charge on any atom is -0.288 e. The lowest BCUT2D eigenvalue weighted by Crippen LogP contribution is -2.36. The second kappa shape index (κ2) is 13.8. The Morgan fingerprint density at radius 1 is 0.822 bits per heavy atom. The van der Waals surface area contributed by atoms with Gasteiger partial charge in [0.1, 0.15) is 0 Å². The van der Waals surface area contributed by atoms with Crippen LogP contribution in [0.1, 0.15) is 108 Å². The first-order valence-electron chi connectivity index (χ1n) is 15.6. The molecule has 3 rings (SSSR count). The first kappa shape index (κ1) is 37.8. The smallest absolute Gasteiger partial charge is 0.288 e. The first-order chi connectivity index (χ1) is 20.4. The topological polar surface area (TPSA) is 74.5 Å². The van der Waals surface area contributed by atoms with Gasteiger partial charge in [-0.25, -0.2) is 8.42 Å². The largest absolute Gasteiger partial charge is 0.389 e. The van der Waals surface area contributed by atoms with Gasteiger partial charge >= 0.3 is 10.2 Å². The Balaban J connectivity index is 2.22. The number of nitrogens with one attached hydrogen (secondary N) is 1. The third-order valence-corrected chi connectivity index (χ3v) is 11.8. The molecule has 0 atom stereocenters. The zero-order valence-electron chi connectivity index (χ0n) is 29.4. The van der Waals surface area contributed by atoms with Gasteiger partial charge in [-0.2, -0.15) is 4.42 Å². The molecule has 0 saturated carbocycles. The van der Waals surface area contributed by atoms with E-state index in [0.717, 1.165) is 27.7 Å². The van der Waals surface area contributed by atoms with E-state index in [4.69, 9.17) is 4.42 Å². The van der Waals surface area contributed by atoms with E-state index in [1.807, 2.05) is 25.1 Å². The maximum absolute atomic E-state index is 13.8. The van der Waals surface area contributed by atoms with Crippen LogP contribution < -0.4 is 4.72 Å². The van der Waals surface area contributed by atoms with Gasteiger partial charge in [0.2, 0.25) is 10.0 Å². The summed E-state index contributed by atoms with van der Waals surface area (Å²) >= 11 is 5.01. The standard InChI is InChI=1S/C36H51NO4S4/c1-14-15-16-45(39,40)37-31-25(17-23-19-27(33(2,3)4)42-28(20-23)34(5,6)7)32(38)26(31)18-24-21-29(43-35(8,9)10)41-30(22-24)44-36(11,12)13/h17-22H,14-16H2,1-13H3/p+1. The third-order valence-electron chi connectivity index (χ3n) is 6.55. The van der Waals surface area contributed by atoms with Crippen molar-refractivity contribution in [3.63, 3.8) is 0 Å². The lowest BCUT2D eigenvalue weighted by atomic mass is 9.83. The number of unbranched alkanes of at least 4 members (excludes halogenated alkanes) is 1. The van der Waals surface area contributed by atoms with Gasteiger partial charge in [0.15, 0.2) is 5.78 Å². The molecular weight excluding hydrogens is 639 g/mol. The number of allylic oxidation sites excluding steroid dienone is 8. The fourth-order valence-electron chi connectivity index (χ4n) is 4.32. The summed E-state index contributed by atoms with van der Waals surface area (Å²) < 4.78 is 35.2. The molecule has 0 radical (unpaired) electrons. The van der Waals surface area contributed by atoms with Crippen LogP contribution >= 0.6 is 35.3 Å². The summed E-state index contributed by atoms with van der Waals surface area (Å²) in [6.07, 6.45) is 9.18. The molecule has 1 aliphatic heterocycles. The van der Waals surface area contributed by atoms with E-state index in [-0.39, 0.29) is 31.9 Å². The van der Waals surface area contributed by atoms with Crippen molar-refractivity contribution < 1.29 is 17.6 Å². The van der Waals surface area contributed by atoms with E-state index in [9.17, 15) is 13.2 Å². The summed E-state index contributed by atoms with van der Waals surface area (Å²) in [5.41, 5.74) is 2.62. The van der Waals surface area contributed by atoms with Crippen molar-refractivity contribution in [1.29, 1.82) is 0 Å². The van der Waals surface area contributed by atoms with Gasteiger partial charge in [-0.3, -0.25) is 9.52 Å². The maximum atomic E-state index is 13.8. The molecule has 9 heteroatoms. The highest BCUT2D eigenvalue weighted by Crippen LogP contribution is 2.49. The van der Waals surface area contributed by atoms with Crippen molar-refractivity contribution >= 4 is 57.2 Å². The van der Waals surface area contributed by atoms with E-state index in [2.05, 4.69) is 100.0 Å². The second-order valence-corrected chi connectivity index (χ2v) is 22.3. The van der Waals surface area contributed by atoms with Crippen LogP contribution in [0.5, 0.6) is 0 Å². The molecule has 2 heterocycles. The molecule has 1 aliphatic carbocycles. The number of sulfonamides is 1. The summed E-state index contributed by atoms with van der Waals surface area (Å²) in [5, 5.41) is 1.48. The molecule has 0 aromatic carbocycles. The molecule has 248 valence electrons. The molecule has 0 unspecified atom stereocenters. The number of thioether (sulfide) groups is 3. The molecular formula is C36H52NO4S4+. The quantitative estimate of drug-likeness (QED) is 0.157. The highest BCUT2D eigenvalue weighted by atomic mass is 32.2. The van der Waals surface area contributed by atoms with Gasteiger partial charge < -0.3 is 0 Å². The molecule has 0 spiro atoms. The van der Waals surface area contributed by atoms with Crippen LogP contribution in [0.25, 0.3) is 6.08 Å². The van der Waals surface area contributed by atoms with Crippen molar-refractivity contribution in [2.45, 2.75) is 123 Å². The average molecular weight is 691 g/mol. The maximum Gasteiger partial charge on any atom is 0.389 e. The van der Waals surface area contributed by atoms with Gasteiger partial charge in [-0.1, -0.05) is 108 Å². The Bertz CT molecular complexity index is 1510. The number of rotatable bonds is 9. The van der Waals surface area contributed by atoms with E-state index in [0.29, 0.717) is 23.3 Å². The van der Waals surface area contributed by atoms with Crippen molar-refractivity contribution in [3.05, 3.63) is 68.2 Å². The first-order valence-corrected chi connectivity index (χ1v) is 19.7. The molecule has 1 aromatic heterocycles. The van der Waals surface area contributed by atoms with Crippen LogP contribution in [-0.4, -0.2) is 29.4 Å². The molecule has 5 nitrogen and oxygen atoms in total. The van der Waals surface area contributed by atoms with Gasteiger partial charge in [-0.15, -0.1) is 0 Å². The van der Waals surface area contributed by atoms with Crippen molar-refractivity contribution in [3.8, 4) is 0 Å². The summed E-state index contributed by atoms with van der Waals surface area (Å²) in [6.45, 7) is 27.8. The predicted molar refractivity (Wildman–Crippen MR) is 197 cm³/mol. The molecule has 1 N–H and O–H groups in total. The Kier molecular flexibility index (Phi) is 11.6. The zero-order valence-corrected chi connectivity index (χ0v) is 32.6. The molecule has 0 amide bonds. The molecule has 0 bridgehead atoms. The van der Waals surface area contributed by atoms with Crippen molar-refractivity contribution in [2.75, 3.05) is 5.75 Å². The van der Waals surface area contributed by atoms with E-state index >= 15 is 0 Å². The molecule has 45 heavy (non-hydrogen) atoms. The summed E-state index contributed by atoms with van der Waals surface area (Å²) in [6, 6.07) is 3.86. The minimum atomic E-state index is -3.65.